The second-order valence-corrected chi connectivity index (χ2v) is 5.78. The topological polar surface area (TPSA) is 61.3 Å². The third-order valence-corrected chi connectivity index (χ3v) is 4.18. The summed E-state index contributed by atoms with van der Waals surface area (Å²) in [6, 6.07) is 10.8. The molecule has 0 aliphatic carbocycles. The van der Waals surface area contributed by atoms with E-state index in [1.54, 1.807) is 6.20 Å². The molecule has 2 heterocycles. The molecule has 5 nitrogen and oxygen atoms in total. The molecule has 1 aliphatic rings. The number of hydrogen-bond donors (Lipinski definition) is 2. The average molecular weight is 298 g/mol. The molecular weight excluding hydrogens is 276 g/mol. The molecule has 0 unspecified atom stereocenters. The monoisotopic (exact) mass is 298 g/mol. The lowest BCUT2D eigenvalue weighted by Gasteiger charge is -2.36. The minimum atomic E-state index is -0.0604. The van der Waals surface area contributed by atoms with Crippen LogP contribution in [0.1, 0.15) is 31.0 Å². The number of fused-ring (bicyclic) bond motifs is 1. The van der Waals surface area contributed by atoms with Crippen molar-refractivity contribution in [1.29, 1.82) is 0 Å². The van der Waals surface area contributed by atoms with E-state index >= 15 is 0 Å². The van der Waals surface area contributed by atoms with E-state index in [1.165, 1.54) is 11.1 Å². The van der Waals surface area contributed by atoms with Crippen molar-refractivity contribution in [3.8, 4) is 0 Å². The zero-order valence-corrected chi connectivity index (χ0v) is 13.0. The van der Waals surface area contributed by atoms with Crippen molar-refractivity contribution in [2.75, 3.05) is 23.4 Å². The fourth-order valence-corrected chi connectivity index (χ4v) is 2.93. The Labute approximate surface area is 131 Å². The van der Waals surface area contributed by atoms with E-state index in [0.29, 0.717) is 12.0 Å². The Morgan fingerprint density at radius 1 is 1.36 bits per heavy atom. The van der Waals surface area contributed by atoms with Gasteiger partial charge in [-0.3, -0.25) is 0 Å². The normalized spacial score (nSPS) is 18.7. The van der Waals surface area contributed by atoms with Crippen molar-refractivity contribution >= 4 is 11.8 Å². The molecule has 2 atom stereocenters. The molecule has 1 aromatic carbocycles. The summed E-state index contributed by atoms with van der Waals surface area (Å²) in [5, 5.41) is 12.2. The maximum absolute atomic E-state index is 9.14. The molecule has 0 amide bonds. The Kier molecular flexibility index (Phi) is 4.24. The number of benzene rings is 1. The van der Waals surface area contributed by atoms with Crippen LogP contribution in [0.2, 0.25) is 0 Å². The van der Waals surface area contributed by atoms with Crippen molar-refractivity contribution in [2.24, 2.45) is 0 Å². The van der Waals surface area contributed by atoms with Gasteiger partial charge < -0.3 is 15.3 Å². The Bertz CT molecular complexity index is 646. The Morgan fingerprint density at radius 3 is 3.00 bits per heavy atom. The first-order valence-electron chi connectivity index (χ1n) is 7.74. The summed E-state index contributed by atoms with van der Waals surface area (Å²) in [4.78, 5) is 11.1. The molecule has 2 aromatic rings. The third kappa shape index (κ3) is 2.90. The van der Waals surface area contributed by atoms with Crippen LogP contribution in [-0.4, -0.2) is 34.3 Å². The molecule has 0 saturated carbocycles. The van der Waals surface area contributed by atoms with E-state index in [-0.39, 0.29) is 12.6 Å². The van der Waals surface area contributed by atoms with Gasteiger partial charge in [-0.15, -0.1) is 0 Å². The first-order chi connectivity index (χ1) is 10.7. The van der Waals surface area contributed by atoms with Crippen molar-refractivity contribution < 1.29 is 5.11 Å². The Balaban J connectivity index is 1.84. The smallest absolute Gasteiger partial charge is 0.224 e. The number of aliphatic hydroxyl groups excluding tert-OH is 1. The standard InChI is InChI=1S/C17H22N4O/c1-12(11-22)19-17-18-9-7-16(20-17)21-10-8-14-5-3-4-6-15(14)13(21)2/h3-7,9,12-13,22H,8,10-11H2,1-2H3,(H,18,19,20)/t12-,13+/m1/s1. The van der Waals surface area contributed by atoms with Crippen molar-refractivity contribution in [1.82, 2.24) is 9.97 Å². The van der Waals surface area contributed by atoms with Gasteiger partial charge in [0.15, 0.2) is 0 Å². The minimum absolute atomic E-state index is 0.0566. The van der Waals surface area contributed by atoms with Gasteiger partial charge in [-0.1, -0.05) is 24.3 Å². The largest absolute Gasteiger partial charge is 0.394 e. The molecular formula is C17H22N4O. The second kappa shape index (κ2) is 6.32. The maximum Gasteiger partial charge on any atom is 0.224 e. The lowest BCUT2D eigenvalue weighted by Crippen LogP contribution is -2.34. The van der Waals surface area contributed by atoms with Gasteiger partial charge in [0.25, 0.3) is 0 Å². The zero-order valence-electron chi connectivity index (χ0n) is 13.0. The molecule has 22 heavy (non-hydrogen) atoms. The van der Waals surface area contributed by atoms with Crippen LogP contribution in [0.5, 0.6) is 0 Å². The van der Waals surface area contributed by atoms with Crippen LogP contribution in [0.15, 0.2) is 36.5 Å². The molecule has 3 rings (SSSR count). The lowest BCUT2D eigenvalue weighted by atomic mass is 9.94. The zero-order chi connectivity index (χ0) is 15.5. The fourth-order valence-electron chi connectivity index (χ4n) is 2.93. The second-order valence-electron chi connectivity index (χ2n) is 5.78. The molecule has 2 N–H and O–H groups in total. The van der Waals surface area contributed by atoms with Gasteiger partial charge in [0.2, 0.25) is 5.95 Å². The highest BCUT2D eigenvalue weighted by atomic mass is 16.3. The summed E-state index contributed by atoms with van der Waals surface area (Å²) in [7, 11) is 0. The quantitative estimate of drug-likeness (QED) is 0.907. The highest BCUT2D eigenvalue weighted by Gasteiger charge is 2.24. The summed E-state index contributed by atoms with van der Waals surface area (Å²) in [6.45, 7) is 5.12. The molecule has 0 fully saturated rings. The van der Waals surface area contributed by atoms with Gasteiger partial charge in [-0.2, -0.15) is 4.98 Å². The molecule has 0 radical (unpaired) electrons. The predicted molar refractivity (Wildman–Crippen MR) is 88.1 cm³/mol. The summed E-state index contributed by atoms with van der Waals surface area (Å²) in [6.07, 6.45) is 2.79. The van der Waals surface area contributed by atoms with E-state index in [0.717, 1.165) is 18.8 Å². The molecule has 116 valence electrons. The van der Waals surface area contributed by atoms with Crippen LogP contribution in [-0.2, 0) is 6.42 Å². The van der Waals surface area contributed by atoms with Gasteiger partial charge in [-0.05, 0) is 37.5 Å². The van der Waals surface area contributed by atoms with E-state index in [9.17, 15) is 0 Å². The van der Waals surface area contributed by atoms with E-state index in [1.807, 2.05) is 13.0 Å². The summed E-state index contributed by atoms with van der Waals surface area (Å²) in [5.41, 5.74) is 2.79. The number of anilines is 2. The van der Waals surface area contributed by atoms with Crippen LogP contribution in [0.25, 0.3) is 0 Å². The summed E-state index contributed by atoms with van der Waals surface area (Å²) < 4.78 is 0. The number of rotatable bonds is 4. The summed E-state index contributed by atoms with van der Waals surface area (Å²) >= 11 is 0. The Hall–Kier alpha value is -2.14. The number of nitrogens with one attached hydrogen (secondary N) is 1. The number of aromatic nitrogens is 2. The third-order valence-electron chi connectivity index (χ3n) is 4.18. The van der Waals surface area contributed by atoms with Gasteiger partial charge in [0, 0.05) is 18.8 Å². The van der Waals surface area contributed by atoms with Crippen molar-refractivity contribution in [2.45, 2.75) is 32.4 Å². The first-order valence-corrected chi connectivity index (χ1v) is 7.74. The lowest BCUT2D eigenvalue weighted by molar-refractivity contribution is 0.281. The van der Waals surface area contributed by atoms with Gasteiger partial charge in [0.1, 0.15) is 5.82 Å². The molecule has 1 aromatic heterocycles. The SMILES string of the molecule is C[C@H](CO)Nc1nccc(N2CCc3ccccc3[C@@H]2C)n1. The highest BCUT2D eigenvalue weighted by Crippen LogP contribution is 2.32. The van der Waals surface area contributed by atoms with Gasteiger partial charge in [0.05, 0.1) is 12.6 Å². The highest BCUT2D eigenvalue weighted by molar-refractivity contribution is 5.49. The van der Waals surface area contributed by atoms with Crippen molar-refractivity contribution in [3.63, 3.8) is 0 Å². The molecule has 0 bridgehead atoms. The van der Waals surface area contributed by atoms with Crippen LogP contribution >= 0.6 is 0 Å². The van der Waals surface area contributed by atoms with Crippen LogP contribution < -0.4 is 10.2 Å². The predicted octanol–water partition coefficient (Wildman–Crippen LogP) is 2.39. The van der Waals surface area contributed by atoms with Crippen LogP contribution in [0.3, 0.4) is 0 Å². The van der Waals surface area contributed by atoms with Gasteiger partial charge >= 0.3 is 0 Å². The van der Waals surface area contributed by atoms with E-state index in [2.05, 4.69) is 51.4 Å². The molecule has 5 heteroatoms. The maximum atomic E-state index is 9.14. The molecule has 1 aliphatic heterocycles. The number of nitrogens with zero attached hydrogens (tertiary/aromatic N) is 3. The average Bonchev–Trinajstić information content (AvgIpc) is 2.55. The van der Waals surface area contributed by atoms with E-state index < -0.39 is 0 Å². The summed E-state index contributed by atoms with van der Waals surface area (Å²) in [5.74, 6) is 1.48. The molecule has 0 saturated heterocycles. The van der Waals surface area contributed by atoms with Crippen molar-refractivity contribution in [3.05, 3.63) is 47.7 Å². The first kappa shape index (κ1) is 14.8. The van der Waals surface area contributed by atoms with Crippen LogP contribution in [0, 0.1) is 0 Å². The number of aliphatic hydroxyl groups is 1. The molecule has 0 spiro atoms. The minimum Gasteiger partial charge on any atom is -0.394 e. The van der Waals surface area contributed by atoms with E-state index in [4.69, 9.17) is 5.11 Å². The van der Waals surface area contributed by atoms with Gasteiger partial charge in [-0.25, -0.2) is 4.98 Å². The fraction of sp³-hybridized carbons (Fsp3) is 0.412. The number of hydrogen-bond acceptors (Lipinski definition) is 5. The Morgan fingerprint density at radius 2 is 2.18 bits per heavy atom. The van der Waals surface area contributed by atoms with Crippen LogP contribution in [0.4, 0.5) is 11.8 Å².